The molecule has 0 bridgehead atoms. The molecule has 0 amide bonds. The maximum atomic E-state index is 2.85. The van der Waals surface area contributed by atoms with Crippen molar-refractivity contribution in [1.82, 2.24) is 0 Å². The topological polar surface area (TPSA) is 13.0 Å². The van der Waals surface area contributed by atoms with Crippen molar-refractivity contribution in [2.45, 2.75) is 157 Å². The molecule has 5 aliphatic heterocycles. The first kappa shape index (κ1) is 65.1. The molecule has 0 saturated carbocycles. The molecule has 5 aliphatic rings. The van der Waals surface area contributed by atoms with Gasteiger partial charge < -0.3 is 0 Å². The van der Waals surface area contributed by atoms with Crippen molar-refractivity contribution in [3.63, 3.8) is 0 Å². The molecule has 0 fully saturated rings. The third kappa shape index (κ3) is 10.4. The van der Waals surface area contributed by atoms with E-state index < -0.39 is 0 Å². The molecule has 17 rings (SSSR count). The predicted octanol–water partition coefficient (Wildman–Crippen LogP) is 21.7. The van der Waals surface area contributed by atoms with Gasteiger partial charge >= 0.3 is 612 Å². The summed E-state index contributed by atoms with van der Waals surface area (Å²) >= 11 is -0.173. The van der Waals surface area contributed by atoms with E-state index >= 15 is 0 Å². The van der Waals surface area contributed by atoms with E-state index in [2.05, 4.69) is 375 Å². The first-order chi connectivity index (χ1) is 47.9. The van der Waals surface area contributed by atoms with Crippen LogP contribution in [0.5, 0.6) is 0 Å². The summed E-state index contributed by atoms with van der Waals surface area (Å²) in [5.74, 6) is 0. The molecule has 6 heterocycles. The van der Waals surface area contributed by atoms with Gasteiger partial charge in [0.15, 0.2) is 0 Å². The van der Waals surface area contributed by atoms with Gasteiger partial charge in [0.1, 0.15) is 0 Å². The van der Waals surface area contributed by atoms with Crippen molar-refractivity contribution in [1.29, 1.82) is 0 Å². The van der Waals surface area contributed by atoms with Crippen LogP contribution in [0.3, 0.4) is 0 Å². The number of fused-ring (bicyclic) bond motifs is 11. The molecule has 0 unspecified atom stereocenters. The number of nitrogens with zero attached hydrogens (tertiary/aromatic N) is 4. The van der Waals surface area contributed by atoms with Crippen molar-refractivity contribution in [2.24, 2.45) is 0 Å². The second-order valence-corrected chi connectivity index (χ2v) is 37.7. The fourth-order valence-electron chi connectivity index (χ4n) is 16.7. The van der Waals surface area contributed by atoms with E-state index in [0.717, 1.165) is 0 Å². The van der Waals surface area contributed by atoms with Crippen molar-refractivity contribution in [3.8, 4) is 42.3 Å². The van der Waals surface area contributed by atoms with Gasteiger partial charge in [0.2, 0.25) is 0 Å². The molecule has 0 saturated heterocycles. The van der Waals surface area contributed by atoms with Crippen LogP contribution in [0.15, 0.2) is 231 Å². The molecule has 0 aliphatic carbocycles. The van der Waals surface area contributed by atoms with Gasteiger partial charge in [0.05, 0.1) is 0 Å². The monoisotopic (exact) mass is 1380 g/mol. The van der Waals surface area contributed by atoms with Crippen LogP contribution in [0.2, 0.25) is 0 Å². The third-order valence-corrected chi connectivity index (χ3v) is 25.1. The summed E-state index contributed by atoms with van der Waals surface area (Å²) in [6.07, 6.45) is 0. The zero-order valence-corrected chi connectivity index (χ0v) is 64.0. The molecule has 0 N–H and O–H groups in total. The Morgan fingerprint density at radius 2 is 0.545 bits per heavy atom. The van der Waals surface area contributed by atoms with Gasteiger partial charge in [-0.25, -0.2) is 0 Å². The van der Waals surface area contributed by atoms with E-state index in [9.17, 15) is 0 Å². The number of hydrogen-bond acceptors (Lipinski definition) is 4. The number of rotatable bonds is 6. The number of hydrogen-bond donors (Lipinski definition) is 0. The van der Waals surface area contributed by atoms with Gasteiger partial charge in [-0.1, -0.05) is 0 Å². The first-order valence-electron chi connectivity index (χ1n) is 36.6. The van der Waals surface area contributed by atoms with Crippen LogP contribution >= 0.6 is 0 Å². The predicted molar refractivity (Wildman–Crippen MR) is 439 cm³/mol. The third-order valence-electron chi connectivity index (χ3n) is 22.4. The Bertz CT molecular complexity index is 5310. The Hall–Kier alpha value is -9.25. The normalized spacial score (nSPS) is 14.3. The van der Waals surface area contributed by atoms with Crippen LogP contribution in [0, 0.1) is 0 Å². The van der Waals surface area contributed by atoms with Gasteiger partial charge in [-0.05, 0) is 0 Å². The van der Waals surface area contributed by atoms with Crippen molar-refractivity contribution < 1.29 is 0 Å². The van der Waals surface area contributed by atoms with E-state index in [4.69, 9.17) is 0 Å². The molecule has 0 radical (unpaired) electrons. The Labute approximate surface area is 607 Å². The average molecular weight is 1380 g/mol. The minimum absolute atomic E-state index is 0.111. The summed E-state index contributed by atoms with van der Waals surface area (Å²) in [7, 11) is 0. The molecule has 4 nitrogen and oxygen atoms in total. The van der Waals surface area contributed by atoms with Crippen LogP contribution < -0.4 is 52.4 Å². The van der Waals surface area contributed by atoms with Crippen LogP contribution in [-0.4, -0.2) is 27.9 Å². The van der Waals surface area contributed by atoms with E-state index in [1.165, 1.54) is 177 Å². The molecular formula is C94H92B2N4Se. The standard InChI is InChI=1S/C94H92B2N4Se/c1-89(2,3)63-40-44-75-74(55-63)96-73-43-42-72-83-84(73)100(80-48-61(57-31-23-19-24-32-57)45-77(82(80)96)97(75)69-51-65(91(7,8)9)49-66(52-69)92(10,11)12)86-85(87(59-35-27-21-28-36-59)101-88(86)60-37-29-22-30-38-60)99(83)79-47-62(58-33-25-20-26-34-58)46-78-81(79)95(72)71-41-39-64(90(4,5)6)56-76(71)98(78)70-53-67(93(13,14)15)50-68(54-70)94(16,17)18/h19-56H,1-18H3. The summed E-state index contributed by atoms with van der Waals surface area (Å²) < 4.78 is 2.76. The van der Waals surface area contributed by atoms with Crippen molar-refractivity contribution in [3.05, 3.63) is 264 Å². The van der Waals surface area contributed by atoms with E-state index in [1.807, 2.05) is 0 Å². The van der Waals surface area contributed by atoms with Crippen molar-refractivity contribution in [2.75, 3.05) is 19.6 Å². The number of benzene rings is 11. The summed E-state index contributed by atoms with van der Waals surface area (Å²) in [4.78, 5) is 11.1. The van der Waals surface area contributed by atoms with Gasteiger partial charge in [-0.15, -0.1) is 0 Å². The Kier molecular flexibility index (Phi) is 14.6. The molecule has 0 atom stereocenters. The fraction of sp³-hybridized carbons (Fsp3) is 0.255. The van der Waals surface area contributed by atoms with E-state index in [-0.39, 0.29) is 60.4 Å². The number of anilines is 12. The van der Waals surface area contributed by atoms with E-state index in [1.54, 1.807) is 0 Å². The van der Waals surface area contributed by atoms with Crippen LogP contribution in [0.25, 0.3) is 42.3 Å². The average Bonchev–Trinajstić information content (AvgIpc) is 1.66. The molecule has 500 valence electrons. The molecule has 7 heteroatoms. The molecule has 12 aromatic rings. The van der Waals surface area contributed by atoms with E-state index in [0.29, 0.717) is 0 Å². The zero-order chi connectivity index (χ0) is 70.5. The van der Waals surface area contributed by atoms with Gasteiger partial charge in [0, 0.05) is 0 Å². The molecule has 0 spiro atoms. The summed E-state index contributed by atoms with van der Waals surface area (Å²) in [6, 6.07) is 91.1. The fourth-order valence-corrected chi connectivity index (χ4v) is 19.4. The Morgan fingerprint density at radius 1 is 0.228 bits per heavy atom. The van der Waals surface area contributed by atoms with Crippen LogP contribution in [0.1, 0.15) is 158 Å². The minimum atomic E-state index is -0.173. The zero-order valence-electron chi connectivity index (χ0n) is 62.3. The van der Waals surface area contributed by atoms with Crippen molar-refractivity contribution >= 4 is 129 Å². The first-order valence-corrected chi connectivity index (χ1v) is 38.3. The molecule has 1 aromatic heterocycles. The summed E-state index contributed by atoms with van der Waals surface area (Å²) in [5.41, 5.74) is 37.5. The summed E-state index contributed by atoms with van der Waals surface area (Å²) in [6.45, 7) is 42.5. The second kappa shape index (κ2) is 22.6. The maximum absolute atomic E-state index is 2.85. The Morgan fingerprint density at radius 3 is 0.921 bits per heavy atom. The Balaban J connectivity index is 1.06. The van der Waals surface area contributed by atoms with Gasteiger partial charge in [-0.2, -0.15) is 0 Å². The van der Waals surface area contributed by atoms with Gasteiger partial charge in [0.25, 0.3) is 0 Å². The van der Waals surface area contributed by atoms with Crippen LogP contribution in [-0.2, 0) is 32.5 Å². The summed E-state index contributed by atoms with van der Waals surface area (Å²) in [5, 5.41) is 0. The molecular weight excluding hydrogens is 1290 g/mol. The quantitative estimate of drug-likeness (QED) is 0.154. The second-order valence-electron chi connectivity index (χ2n) is 35.5. The van der Waals surface area contributed by atoms with Gasteiger partial charge in [-0.3, -0.25) is 0 Å². The SMILES string of the molecule is CC(C)(C)c1cc(N2c3ccc(C(C)(C)C)cc3B3c4ccc5c6c4N(c4cc(-c7ccccc7)cc2c43)c2c(-c3ccccc3)[se]c(-c3ccccc3)c2N6c2cc(-c3ccccc3)cc3c2B5c2ccc(C(C)(C)C)cc2N3c2cc(C(C)(C)C)cc(C(C)(C)C)c2)cc(C(C)(C)C)c1. The van der Waals surface area contributed by atoms with Crippen LogP contribution in [0.4, 0.5) is 68.2 Å². The molecule has 11 aromatic carbocycles. The molecule has 101 heavy (non-hydrogen) atoms.